The molecule has 0 unspecified atom stereocenters. The summed E-state index contributed by atoms with van der Waals surface area (Å²) in [6, 6.07) is 36.1. The van der Waals surface area contributed by atoms with E-state index in [1.165, 1.54) is 79.7 Å². The van der Waals surface area contributed by atoms with Crippen LogP contribution in [0.5, 0.6) is 0 Å². The molecule has 2 fully saturated rings. The van der Waals surface area contributed by atoms with Crippen molar-refractivity contribution in [3.63, 3.8) is 0 Å². The van der Waals surface area contributed by atoms with E-state index in [1.807, 2.05) is 0 Å². The van der Waals surface area contributed by atoms with Gasteiger partial charge in [-0.1, -0.05) is 182 Å². The molecule has 2 heterocycles. The zero-order valence-electron chi connectivity index (χ0n) is 28.2. The van der Waals surface area contributed by atoms with Gasteiger partial charge in [0.1, 0.15) is 12.3 Å². The normalized spacial score (nSPS) is 21.1. The predicted molar refractivity (Wildman–Crippen MR) is 191 cm³/mol. The lowest BCUT2D eigenvalue weighted by Gasteiger charge is -2.45. The highest BCUT2D eigenvalue weighted by Crippen LogP contribution is 2.49. The Morgan fingerprint density at radius 1 is 0.659 bits per heavy atom. The first-order valence-corrected chi connectivity index (χ1v) is 20.5. The lowest BCUT2D eigenvalue weighted by Crippen LogP contribution is -2.47. The lowest BCUT2D eigenvalue weighted by atomic mass is 9.25. The lowest BCUT2D eigenvalue weighted by molar-refractivity contribution is -0.0387. The van der Waals surface area contributed by atoms with E-state index in [4.69, 9.17) is 9.16 Å². The molecule has 3 aromatic rings. The number of hydrogen-bond acceptors (Lipinski definition) is 2. The second kappa shape index (κ2) is 15.4. The van der Waals surface area contributed by atoms with Gasteiger partial charge in [0.15, 0.2) is 8.32 Å². The minimum Gasteiger partial charge on any atom is -0.413 e. The standard InChI is InChI=1S/C40H57BO2Si/c1-6-44(7-2,8-3)43-39(32(4)30-41-37-26-18-27-38(41)29-19-28-37)33(5)31-42-40(34-20-12-9-13-21-34,35-22-14-10-15-23-35)36-24-16-11-17-25-36/h9-17,20-25,32-33,37-39H,6-8,18-19,26-31H2,1-5H3/t32-,33-,37?,38?,39-/m0/s1. The molecule has 236 valence electrons. The van der Waals surface area contributed by atoms with Crippen molar-refractivity contribution in [1.82, 2.24) is 0 Å². The molecule has 0 radical (unpaired) electrons. The summed E-state index contributed by atoms with van der Waals surface area (Å²) in [6.45, 7) is 13.6. The molecule has 0 aromatic heterocycles. The van der Waals surface area contributed by atoms with Crippen LogP contribution in [0.3, 0.4) is 0 Å². The first-order chi connectivity index (χ1) is 21.5. The Balaban J connectivity index is 1.48. The van der Waals surface area contributed by atoms with Gasteiger partial charge >= 0.3 is 0 Å². The Hall–Kier alpha value is -2.14. The highest BCUT2D eigenvalue weighted by atomic mass is 28.4. The first-order valence-electron chi connectivity index (χ1n) is 17.9. The number of fused-ring (bicyclic) bond motifs is 2. The Morgan fingerprint density at radius 2 is 1.07 bits per heavy atom. The molecule has 2 bridgehead atoms. The van der Waals surface area contributed by atoms with Crippen molar-refractivity contribution < 1.29 is 9.16 Å². The molecule has 3 atom stereocenters. The summed E-state index contributed by atoms with van der Waals surface area (Å²) in [5.74, 6) is 2.67. The van der Waals surface area contributed by atoms with E-state index in [0.29, 0.717) is 12.5 Å². The van der Waals surface area contributed by atoms with Gasteiger partial charge in [0.05, 0.1) is 12.7 Å². The SMILES string of the molecule is CC[Si](CC)(CC)O[C@H]([C@@H](C)COC(c1ccccc1)(c1ccccc1)c1ccccc1)[C@@H](C)CB1C2CCCC1CCC2. The van der Waals surface area contributed by atoms with Gasteiger partial charge in [0.25, 0.3) is 0 Å². The molecule has 0 aliphatic carbocycles. The Bertz CT molecular complexity index is 1120. The fourth-order valence-corrected chi connectivity index (χ4v) is 12.0. The Morgan fingerprint density at radius 3 is 1.45 bits per heavy atom. The van der Waals surface area contributed by atoms with E-state index in [9.17, 15) is 0 Å². The van der Waals surface area contributed by atoms with Crippen molar-refractivity contribution in [2.45, 2.75) is 121 Å². The maximum Gasteiger partial charge on any atom is 0.192 e. The fourth-order valence-electron chi connectivity index (χ4n) is 8.96. The summed E-state index contributed by atoms with van der Waals surface area (Å²) < 4.78 is 14.9. The molecule has 5 rings (SSSR count). The number of ether oxygens (including phenoxy) is 1. The number of benzene rings is 3. The molecule has 2 saturated heterocycles. The molecule has 44 heavy (non-hydrogen) atoms. The minimum atomic E-state index is -1.82. The van der Waals surface area contributed by atoms with Crippen LogP contribution in [0.2, 0.25) is 36.1 Å². The van der Waals surface area contributed by atoms with Gasteiger partial charge in [-0.3, -0.25) is 0 Å². The van der Waals surface area contributed by atoms with E-state index in [2.05, 4.69) is 126 Å². The van der Waals surface area contributed by atoms with E-state index >= 15 is 0 Å². The Kier molecular flexibility index (Phi) is 11.7. The van der Waals surface area contributed by atoms with E-state index in [-0.39, 0.29) is 12.0 Å². The average molecular weight is 609 g/mol. The minimum absolute atomic E-state index is 0.212. The topological polar surface area (TPSA) is 18.5 Å². The molecule has 2 nitrogen and oxygen atoms in total. The monoisotopic (exact) mass is 608 g/mol. The van der Waals surface area contributed by atoms with E-state index in [1.54, 1.807) is 0 Å². The molecule has 0 saturated carbocycles. The van der Waals surface area contributed by atoms with Crippen molar-refractivity contribution in [2.24, 2.45) is 11.8 Å². The third kappa shape index (κ3) is 7.13. The summed E-state index contributed by atoms with van der Waals surface area (Å²) in [4.78, 5) is 0. The summed E-state index contributed by atoms with van der Waals surface area (Å²) in [6.07, 6.45) is 10.2. The smallest absolute Gasteiger partial charge is 0.192 e. The second-order valence-electron chi connectivity index (χ2n) is 14.2. The van der Waals surface area contributed by atoms with Gasteiger partial charge in [0, 0.05) is 5.92 Å². The van der Waals surface area contributed by atoms with Crippen LogP contribution in [-0.2, 0) is 14.8 Å². The van der Waals surface area contributed by atoms with Crippen LogP contribution in [0.15, 0.2) is 91.0 Å². The molecule has 0 amide bonds. The molecule has 0 N–H and O–H groups in total. The second-order valence-corrected chi connectivity index (χ2v) is 18.9. The van der Waals surface area contributed by atoms with Crippen molar-refractivity contribution in [2.75, 3.05) is 6.61 Å². The molecule has 3 aromatic carbocycles. The molecule has 0 spiro atoms. The van der Waals surface area contributed by atoms with Gasteiger partial charge in [-0.05, 0) is 40.7 Å². The van der Waals surface area contributed by atoms with Gasteiger partial charge in [-0.2, -0.15) is 0 Å². The molecular formula is C40H57BO2Si. The van der Waals surface area contributed by atoms with Crippen LogP contribution < -0.4 is 0 Å². The van der Waals surface area contributed by atoms with E-state index in [0.717, 1.165) is 18.3 Å². The molecule has 2 aliphatic rings. The molecule has 2 aliphatic heterocycles. The van der Waals surface area contributed by atoms with Crippen LogP contribution in [0.4, 0.5) is 0 Å². The summed E-state index contributed by atoms with van der Waals surface area (Å²) >= 11 is 0. The highest BCUT2D eigenvalue weighted by molar-refractivity contribution is 6.73. The van der Waals surface area contributed by atoms with Gasteiger partial charge in [0.2, 0.25) is 0 Å². The summed E-state index contributed by atoms with van der Waals surface area (Å²) in [5, 5.41) is 0. The third-order valence-electron chi connectivity index (χ3n) is 11.7. The zero-order chi connectivity index (χ0) is 31.0. The quantitative estimate of drug-likeness (QED) is 0.126. The van der Waals surface area contributed by atoms with Crippen LogP contribution in [-0.4, -0.2) is 27.7 Å². The summed E-state index contributed by atoms with van der Waals surface area (Å²) in [7, 11) is -1.82. The van der Waals surface area contributed by atoms with Gasteiger partial charge in [-0.15, -0.1) is 0 Å². The molecule has 4 heteroatoms. The predicted octanol–water partition coefficient (Wildman–Crippen LogP) is 11.3. The maximum absolute atomic E-state index is 7.51. The van der Waals surface area contributed by atoms with Crippen LogP contribution in [0.1, 0.15) is 89.8 Å². The van der Waals surface area contributed by atoms with Gasteiger partial charge < -0.3 is 9.16 Å². The number of rotatable bonds is 15. The Labute approximate surface area is 270 Å². The highest BCUT2D eigenvalue weighted by Gasteiger charge is 2.44. The van der Waals surface area contributed by atoms with Crippen molar-refractivity contribution in [3.8, 4) is 0 Å². The molecular weight excluding hydrogens is 551 g/mol. The maximum atomic E-state index is 7.51. The number of hydrogen-bond donors (Lipinski definition) is 0. The van der Waals surface area contributed by atoms with Gasteiger partial charge in [-0.25, -0.2) is 0 Å². The van der Waals surface area contributed by atoms with Crippen molar-refractivity contribution in [1.29, 1.82) is 0 Å². The average Bonchev–Trinajstić information content (AvgIpc) is 3.07. The first kappa shape index (κ1) is 33.2. The van der Waals surface area contributed by atoms with Crippen molar-refractivity contribution >= 4 is 15.0 Å². The van der Waals surface area contributed by atoms with Crippen LogP contribution in [0.25, 0.3) is 0 Å². The summed E-state index contributed by atoms with van der Waals surface area (Å²) in [5.41, 5.74) is 2.82. The fraction of sp³-hybridized carbons (Fsp3) is 0.550. The van der Waals surface area contributed by atoms with Crippen LogP contribution >= 0.6 is 0 Å². The van der Waals surface area contributed by atoms with Crippen LogP contribution in [0, 0.1) is 11.8 Å². The zero-order valence-corrected chi connectivity index (χ0v) is 29.2. The van der Waals surface area contributed by atoms with E-state index < -0.39 is 13.9 Å². The van der Waals surface area contributed by atoms with Crippen molar-refractivity contribution in [3.05, 3.63) is 108 Å². The third-order valence-corrected chi connectivity index (χ3v) is 16.3. The largest absolute Gasteiger partial charge is 0.413 e.